The molecule has 0 aliphatic carbocycles. The SMILES string of the molecule is S=c1n(-c2ccc3ccccc3c2)c(=S)n2n1Cc1ccccc1C2. The van der Waals surface area contributed by atoms with Crippen molar-refractivity contribution in [2.75, 3.05) is 0 Å². The van der Waals surface area contributed by atoms with E-state index in [0.717, 1.165) is 28.3 Å². The lowest BCUT2D eigenvalue weighted by Gasteiger charge is -2.20. The van der Waals surface area contributed by atoms with Crippen molar-refractivity contribution in [3.63, 3.8) is 0 Å². The van der Waals surface area contributed by atoms with Gasteiger partial charge >= 0.3 is 0 Å². The van der Waals surface area contributed by atoms with Crippen LogP contribution < -0.4 is 0 Å². The van der Waals surface area contributed by atoms with Gasteiger partial charge in [0, 0.05) is 0 Å². The third-order valence-corrected chi connectivity index (χ3v) is 5.65. The molecule has 0 N–H and O–H groups in total. The molecule has 0 atom stereocenters. The van der Waals surface area contributed by atoms with Gasteiger partial charge < -0.3 is 0 Å². The molecular formula is C20H15N3S2. The molecule has 1 aliphatic heterocycles. The summed E-state index contributed by atoms with van der Waals surface area (Å²) in [6, 6.07) is 23.2. The summed E-state index contributed by atoms with van der Waals surface area (Å²) in [6.45, 7) is 1.53. The summed E-state index contributed by atoms with van der Waals surface area (Å²) in [5, 5.41) is 2.40. The van der Waals surface area contributed by atoms with Gasteiger partial charge in [-0.25, -0.2) is 0 Å². The van der Waals surface area contributed by atoms with E-state index in [2.05, 4.69) is 76.1 Å². The first-order chi connectivity index (χ1) is 12.2. The van der Waals surface area contributed by atoms with Crippen molar-refractivity contribution < 1.29 is 0 Å². The van der Waals surface area contributed by atoms with Crippen LogP contribution in [0.15, 0.2) is 66.7 Å². The zero-order valence-corrected chi connectivity index (χ0v) is 15.1. The average Bonchev–Trinajstić information content (AvgIpc) is 2.90. The van der Waals surface area contributed by atoms with E-state index in [1.807, 2.05) is 4.57 Å². The van der Waals surface area contributed by atoms with Gasteiger partial charge in [-0.2, -0.15) is 0 Å². The Labute approximate surface area is 155 Å². The van der Waals surface area contributed by atoms with Crippen LogP contribution in [0.2, 0.25) is 0 Å². The van der Waals surface area contributed by atoms with E-state index in [1.54, 1.807) is 0 Å². The monoisotopic (exact) mass is 361 g/mol. The molecule has 0 bridgehead atoms. The normalized spacial score (nSPS) is 12.8. The van der Waals surface area contributed by atoms with E-state index in [0.29, 0.717) is 0 Å². The predicted molar refractivity (Wildman–Crippen MR) is 106 cm³/mol. The molecule has 2 heterocycles. The molecule has 3 aromatic carbocycles. The number of fused-ring (bicyclic) bond motifs is 3. The summed E-state index contributed by atoms with van der Waals surface area (Å²) in [5.74, 6) is 0. The molecule has 0 saturated carbocycles. The molecule has 0 spiro atoms. The van der Waals surface area contributed by atoms with Crippen LogP contribution in [0.1, 0.15) is 11.1 Å². The van der Waals surface area contributed by atoms with E-state index in [1.165, 1.54) is 21.9 Å². The number of nitrogens with zero attached hydrogens (tertiary/aromatic N) is 3. The third-order valence-electron chi connectivity index (χ3n) is 4.87. The van der Waals surface area contributed by atoms with Gasteiger partial charge in [0.1, 0.15) is 0 Å². The lowest BCUT2D eigenvalue weighted by atomic mass is 10.1. The van der Waals surface area contributed by atoms with Gasteiger partial charge in [-0.05, 0) is 58.5 Å². The second-order valence-electron chi connectivity index (χ2n) is 6.32. The average molecular weight is 361 g/mol. The van der Waals surface area contributed by atoms with E-state index in [9.17, 15) is 0 Å². The molecule has 0 unspecified atom stereocenters. The fraction of sp³-hybridized carbons (Fsp3) is 0.100. The molecule has 5 rings (SSSR count). The minimum absolute atomic E-state index is 0.745. The number of hydrogen-bond acceptors (Lipinski definition) is 2. The van der Waals surface area contributed by atoms with Crippen LogP contribution in [0.5, 0.6) is 0 Å². The second kappa shape index (κ2) is 5.51. The first kappa shape index (κ1) is 14.8. The molecule has 1 aliphatic rings. The van der Waals surface area contributed by atoms with Gasteiger partial charge in [-0.3, -0.25) is 13.9 Å². The zero-order valence-electron chi connectivity index (χ0n) is 13.4. The van der Waals surface area contributed by atoms with Gasteiger partial charge in [0.25, 0.3) is 0 Å². The molecule has 0 fully saturated rings. The van der Waals surface area contributed by atoms with Crippen molar-refractivity contribution in [3.05, 3.63) is 87.4 Å². The summed E-state index contributed by atoms with van der Waals surface area (Å²) in [6.07, 6.45) is 0. The first-order valence-electron chi connectivity index (χ1n) is 8.21. The van der Waals surface area contributed by atoms with Crippen molar-refractivity contribution in [2.24, 2.45) is 0 Å². The Morgan fingerprint density at radius 2 is 1.20 bits per heavy atom. The predicted octanol–water partition coefficient (Wildman–Crippen LogP) is 5.10. The molecule has 0 amide bonds. The van der Waals surface area contributed by atoms with Crippen LogP contribution in [0, 0.1) is 9.54 Å². The van der Waals surface area contributed by atoms with E-state index in [4.69, 9.17) is 24.4 Å². The lowest BCUT2D eigenvalue weighted by molar-refractivity contribution is 0.475. The van der Waals surface area contributed by atoms with Gasteiger partial charge in [0.2, 0.25) is 9.54 Å². The number of hydrogen-bond donors (Lipinski definition) is 0. The Balaban J connectivity index is 1.72. The summed E-state index contributed by atoms with van der Waals surface area (Å²) in [7, 11) is 0. The minimum atomic E-state index is 0.745. The standard InChI is InChI=1S/C20H15N3S2/c24-19-21-12-16-7-3-4-8-17(16)13-22(21)20(25)23(19)18-10-9-14-5-1-2-6-15(14)11-18/h1-11H,12-13H2. The Morgan fingerprint density at radius 1 is 0.640 bits per heavy atom. The Kier molecular flexibility index (Phi) is 3.26. The number of rotatable bonds is 1. The Hall–Kier alpha value is -2.50. The highest BCUT2D eigenvalue weighted by Crippen LogP contribution is 2.24. The van der Waals surface area contributed by atoms with Crippen molar-refractivity contribution >= 4 is 35.2 Å². The maximum absolute atomic E-state index is 5.77. The van der Waals surface area contributed by atoms with Crippen LogP contribution >= 0.6 is 24.4 Å². The van der Waals surface area contributed by atoms with Crippen molar-refractivity contribution in [2.45, 2.75) is 13.1 Å². The minimum Gasteiger partial charge on any atom is -0.261 e. The first-order valence-corrected chi connectivity index (χ1v) is 9.03. The molecule has 25 heavy (non-hydrogen) atoms. The highest BCUT2D eigenvalue weighted by atomic mass is 32.1. The highest BCUT2D eigenvalue weighted by Gasteiger charge is 2.19. The maximum Gasteiger partial charge on any atom is 0.202 e. The Bertz CT molecular complexity index is 1190. The van der Waals surface area contributed by atoms with Gasteiger partial charge in [-0.1, -0.05) is 54.6 Å². The maximum atomic E-state index is 5.77. The third kappa shape index (κ3) is 2.23. The molecule has 3 nitrogen and oxygen atoms in total. The van der Waals surface area contributed by atoms with Crippen LogP contribution in [0.4, 0.5) is 0 Å². The van der Waals surface area contributed by atoms with E-state index in [-0.39, 0.29) is 0 Å². The summed E-state index contributed by atoms with van der Waals surface area (Å²) in [4.78, 5) is 0. The zero-order chi connectivity index (χ0) is 17.0. The fourth-order valence-corrected chi connectivity index (χ4v) is 4.32. The number of benzene rings is 3. The van der Waals surface area contributed by atoms with Crippen LogP contribution in [0.3, 0.4) is 0 Å². The van der Waals surface area contributed by atoms with Crippen molar-refractivity contribution in [1.29, 1.82) is 0 Å². The molecule has 5 heteroatoms. The molecular weight excluding hydrogens is 346 g/mol. The van der Waals surface area contributed by atoms with Crippen LogP contribution in [-0.2, 0) is 13.1 Å². The summed E-state index contributed by atoms with van der Waals surface area (Å²) >= 11 is 11.5. The smallest absolute Gasteiger partial charge is 0.202 e. The summed E-state index contributed by atoms with van der Waals surface area (Å²) < 4.78 is 7.71. The Morgan fingerprint density at radius 3 is 1.84 bits per heavy atom. The van der Waals surface area contributed by atoms with E-state index >= 15 is 0 Å². The molecule has 4 aromatic rings. The van der Waals surface area contributed by atoms with Crippen LogP contribution in [-0.4, -0.2) is 13.9 Å². The number of aromatic nitrogens is 3. The quantitative estimate of drug-likeness (QED) is 0.386. The van der Waals surface area contributed by atoms with Crippen molar-refractivity contribution in [3.8, 4) is 5.69 Å². The highest BCUT2D eigenvalue weighted by molar-refractivity contribution is 7.72. The molecule has 122 valence electrons. The second-order valence-corrected chi connectivity index (χ2v) is 7.05. The van der Waals surface area contributed by atoms with Gasteiger partial charge in [0.05, 0.1) is 18.8 Å². The molecule has 0 radical (unpaired) electrons. The van der Waals surface area contributed by atoms with Crippen molar-refractivity contribution in [1.82, 2.24) is 13.9 Å². The fourth-order valence-electron chi connectivity index (χ4n) is 3.55. The van der Waals surface area contributed by atoms with E-state index < -0.39 is 0 Å². The topological polar surface area (TPSA) is 14.8 Å². The molecule has 1 aromatic heterocycles. The largest absolute Gasteiger partial charge is 0.261 e. The van der Waals surface area contributed by atoms with Gasteiger partial charge in [-0.15, -0.1) is 0 Å². The van der Waals surface area contributed by atoms with Gasteiger partial charge in [0.15, 0.2) is 0 Å². The van der Waals surface area contributed by atoms with Crippen LogP contribution in [0.25, 0.3) is 16.5 Å². The lowest BCUT2D eigenvalue weighted by Crippen LogP contribution is -2.21. The summed E-state index contributed by atoms with van der Waals surface area (Å²) in [5.41, 5.74) is 3.64. The molecule has 0 saturated heterocycles.